The van der Waals surface area contributed by atoms with Crippen LogP contribution in [0.5, 0.6) is 5.75 Å². The second-order valence-corrected chi connectivity index (χ2v) is 14.3. The molecular weight excluding hydrogens is 585 g/mol. The van der Waals surface area contributed by atoms with Gasteiger partial charge >= 0.3 is 0 Å². The third-order valence-corrected chi connectivity index (χ3v) is 12.2. The summed E-state index contributed by atoms with van der Waals surface area (Å²) in [6, 6.07) is 38.2. The number of hydrogen-bond donors (Lipinski definition) is 0. The van der Waals surface area contributed by atoms with Gasteiger partial charge in [0.15, 0.2) is 17.0 Å². The molecule has 6 rings (SSSR count). The Morgan fingerprint density at radius 1 is 0.864 bits per heavy atom. The topological polar surface area (TPSA) is 82.3 Å². The van der Waals surface area contributed by atoms with E-state index >= 15 is 0 Å². The molecule has 0 radical (unpaired) electrons. The van der Waals surface area contributed by atoms with Gasteiger partial charge in [-0.3, -0.25) is 0 Å². The Morgan fingerprint density at radius 2 is 1.48 bits per heavy atom. The molecule has 0 aliphatic heterocycles. The number of unbranched alkanes of at least 4 members (excludes halogenated alkanes) is 1. The van der Waals surface area contributed by atoms with Crippen molar-refractivity contribution in [3.05, 3.63) is 122 Å². The summed E-state index contributed by atoms with van der Waals surface area (Å²) in [4.78, 5) is 14.9. The fraction of sp³-hybridized carbons (Fsp3) is 0.114. The quantitative estimate of drug-likeness (QED) is 0.104. The minimum absolute atomic E-state index is 0.366. The molecule has 0 fully saturated rings. The van der Waals surface area contributed by atoms with Gasteiger partial charge in [-0.15, -0.1) is 12.3 Å². The molecular formula is C35H30N5O2PS. The lowest BCUT2D eigenvalue weighted by Crippen LogP contribution is -2.25. The summed E-state index contributed by atoms with van der Waals surface area (Å²) in [5, 5.41) is 3.61. The van der Waals surface area contributed by atoms with Gasteiger partial charge in [0, 0.05) is 28.9 Å². The van der Waals surface area contributed by atoms with Crippen LogP contribution in [0.1, 0.15) is 12.8 Å². The Bertz CT molecular complexity index is 1920. The first-order chi connectivity index (χ1) is 21.7. The first-order valence-electron chi connectivity index (χ1n) is 14.2. The molecule has 0 amide bonds. The van der Waals surface area contributed by atoms with E-state index in [0.717, 1.165) is 15.9 Å². The second kappa shape index (κ2) is 13.2. The van der Waals surface area contributed by atoms with E-state index in [-0.39, 0.29) is 0 Å². The average molecular weight is 616 g/mol. The van der Waals surface area contributed by atoms with Gasteiger partial charge in [0.25, 0.3) is 0 Å². The van der Waals surface area contributed by atoms with Gasteiger partial charge in [0.2, 0.25) is 5.16 Å². The predicted octanol–water partition coefficient (Wildman–Crippen LogP) is 6.22. The highest BCUT2D eigenvalue weighted by Crippen LogP contribution is 2.49. The number of aryl methyl sites for hydroxylation is 1. The predicted molar refractivity (Wildman–Crippen MR) is 178 cm³/mol. The first-order valence-corrected chi connectivity index (χ1v) is 17.0. The minimum atomic E-state index is -2.64. The van der Waals surface area contributed by atoms with Crippen LogP contribution >= 0.6 is 7.05 Å². The number of benzene rings is 4. The van der Waals surface area contributed by atoms with Crippen molar-refractivity contribution in [1.29, 1.82) is 0 Å². The smallest absolute Gasteiger partial charge is 0.206 e. The lowest BCUT2D eigenvalue weighted by molar-refractivity contribution is 0.413. The third-order valence-electron chi connectivity index (χ3n) is 7.24. The molecule has 2 aromatic heterocycles. The zero-order valence-electron chi connectivity index (χ0n) is 24.2. The summed E-state index contributed by atoms with van der Waals surface area (Å²) >= 11 is 0. The van der Waals surface area contributed by atoms with Crippen molar-refractivity contribution >= 4 is 50.7 Å². The molecule has 218 valence electrons. The van der Waals surface area contributed by atoms with Crippen LogP contribution in [0.15, 0.2) is 136 Å². The molecule has 0 aliphatic carbocycles. The number of hydrogen-bond acceptors (Lipinski definition) is 6. The van der Waals surface area contributed by atoms with Crippen LogP contribution in [0.25, 0.3) is 11.2 Å². The van der Waals surface area contributed by atoms with Crippen molar-refractivity contribution in [1.82, 2.24) is 19.5 Å². The van der Waals surface area contributed by atoms with E-state index in [1.54, 1.807) is 19.2 Å². The van der Waals surface area contributed by atoms with Gasteiger partial charge in [0.05, 0.1) is 19.1 Å². The van der Waals surface area contributed by atoms with Crippen LogP contribution < -0.4 is 20.7 Å². The van der Waals surface area contributed by atoms with Crippen molar-refractivity contribution in [3.63, 3.8) is 0 Å². The molecule has 0 N–H and O–H groups in total. The highest BCUT2D eigenvalue weighted by Gasteiger charge is 2.29. The number of terminal acetylenes is 1. The van der Waals surface area contributed by atoms with Crippen LogP contribution in [0.2, 0.25) is 0 Å². The summed E-state index contributed by atoms with van der Waals surface area (Å²) in [6.45, 7) is 0.499. The highest BCUT2D eigenvalue weighted by atomic mass is 32.2. The Balaban J connectivity index is 1.65. The second-order valence-electron chi connectivity index (χ2n) is 9.91. The van der Waals surface area contributed by atoms with E-state index in [9.17, 15) is 4.21 Å². The van der Waals surface area contributed by atoms with Crippen LogP contribution in [-0.2, 0) is 17.3 Å². The van der Waals surface area contributed by atoms with E-state index in [2.05, 4.69) is 47.3 Å². The van der Waals surface area contributed by atoms with Gasteiger partial charge in [-0.1, -0.05) is 97.1 Å². The van der Waals surface area contributed by atoms with Crippen LogP contribution in [0, 0.1) is 12.3 Å². The Labute approximate surface area is 259 Å². The van der Waals surface area contributed by atoms with E-state index < -0.39 is 17.9 Å². The summed E-state index contributed by atoms with van der Waals surface area (Å²) in [5.74, 6) is 3.76. The zero-order chi connectivity index (χ0) is 30.4. The Kier molecular flexibility index (Phi) is 8.79. The molecule has 0 bridgehead atoms. The van der Waals surface area contributed by atoms with E-state index in [1.807, 2.05) is 71.3 Å². The number of fused-ring (bicyclic) bond motifs is 1. The molecule has 7 nitrogen and oxygen atoms in total. The SMILES string of the molecule is C#CCCCn1c(S(=O)c2cccc(OC)c2)nc2c(N=P(c3ccccc3)(c3ccccc3)c3ccccc3)ncnc21. The molecule has 0 spiro atoms. The molecule has 0 aliphatic rings. The molecule has 1 unspecified atom stereocenters. The molecule has 0 saturated heterocycles. The lowest BCUT2D eigenvalue weighted by Gasteiger charge is -2.26. The lowest BCUT2D eigenvalue weighted by atomic mass is 10.3. The molecule has 1 atom stereocenters. The number of imidazole rings is 1. The summed E-state index contributed by atoms with van der Waals surface area (Å²) < 4.78 is 26.9. The van der Waals surface area contributed by atoms with Crippen LogP contribution in [-0.4, -0.2) is 30.8 Å². The number of methoxy groups -OCH3 is 1. The fourth-order valence-corrected chi connectivity index (χ4v) is 9.85. The molecule has 2 heterocycles. The number of nitrogens with zero attached hydrogens (tertiary/aromatic N) is 5. The van der Waals surface area contributed by atoms with Crippen molar-refractivity contribution in [2.45, 2.75) is 29.4 Å². The maximum atomic E-state index is 14.1. The fourth-order valence-electron chi connectivity index (χ4n) is 5.18. The van der Waals surface area contributed by atoms with Gasteiger partial charge in [-0.25, -0.2) is 23.9 Å². The van der Waals surface area contributed by atoms with Crippen molar-refractivity contribution in [2.75, 3.05) is 7.11 Å². The van der Waals surface area contributed by atoms with Gasteiger partial charge in [-0.05, 0) is 24.6 Å². The van der Waals surface area contributed by atoms with Crippen molar-refractivity contribution < 1.29 is 8.95 Å². The van der Waals surface area contributed by atoms with Crippen molar-refractivity contribution in [3.8, 4) is 18.1 Å². The minimum Gasteiger partial charge on any atom is -0.497 e. The number of aromatic nitrogens is 4. The van der Waals surface area contributed by atoms with Crippen LogP contribution in [0.4, 0.5) is 5.82 Å². The van der Waals surface area contributed by atoms with Crippen LogP contribution in [0.3, 0.4) is 0 Å². The van der Waals surface area contributed by atoms with E-state index in [4.69, 9.17) is 25.9 Å². The molecule has 4 aromatic carbocycles. The monoisotopic (exact) mass is 615 g/mol. The highest BCUT2D eigenvalue weighted by molar-refractivity contribution is 7.87. The Hall–Kier alpha value is -4.83. The molecule has 6 aromatic rings. The molecule has 0 saturated carbocycles. The molecule has 9 heteroatoms. The normalized spacial score (nSPS) is 12.0. The summed E-state index contributed by atoms with van der Waals surface area (Å²) in [7, 11) is -2.68. The average Bonchev–Trinajstić information content (AvgIpc) is 3.47. The molecule has 44 heavy (non-hydrogen) atoms. The summed E-state index contributed by atoms with van der Waals surface area (Å²) in [5.41, 5.74) is 1.06. The Morgan fingerprint density at radius 3 is 2.05 bits per heavy atom. The first kappa shape index (κ1) is 29.3. The maximum absolute atomic E-state index is 14.1. The third kappa shape index (κ3) is 5.60. The standard InChI is InChI=1S/C35H30N5O2PS/c1-3-4-14-24-40-34-32(38-35(40)44(41)31-23-15-16-27(25-31)42-2)33(36-26-37-34)39-43(28-17-8-5-9-18-28,29-19-10-6-11-20-29)30-21-12-7-13-22-30/h1,5-13,15-23,25-26H,4,14,24H2,2H3. The van der Waals surface area contributed by atoms with Gasteiger partial charge in [0.1, 0.15) is 22.9 Å². The van der Waals surface area contributed by atoms with Crippen molar-refractivity contribution in [2.24, 2.45) is 4.74 Å². The zero-order valence-corrected chi connectivity index (χ0v) is 25.9. The van der Waals surface area contributed by atoms with Gasteiger partial charge in [-0.2, -0.15) is 0 Å². The largest absolute Gasteiger partial charge is 0.497 e. The van der Waals surface area contributed by atoms with E-state index in [1.165, 1.54) is 6.33 Å². The summed E-state index contributed by atoms with van der Waals surface area (Å²) in [6.07, 6.45) is 8.33. The number of ether oxygens (including phenoxy) is 1. The maximum Gasteiger partial charge on any atom is 0.206 e. The van der Waals surface area contributed by atoms with Gasteiger partial charge < -0.3 is 9.30 Å². The van der Waals surface area contributed by atoms with E-state index in [0.29, 0.717) is 52.2 Å². The number of rotatable bonds is 10.